The van der Waals surface area contributed by atoms with Crippen molar-refractivity contribution in [1.29, 1.82) is 0 Å². The van der Waals surface area contributed by atoms with Crippen LogP contribution in [-0.2, 0) is 73.2 Å². The molecule has 0 unspecified atom stereocenters. The topological polar surface area (TPSA) is 0 Å². The molecule has 1 radical (unpaired) electrons. The summed E-state index contributed by atoms with van der Waals surface area (Å²) in [5.41, 5.74) is 0. The van der Waals surface area contributed by atoms with Crippen molar-refractivity contribution in [3.8, 4) is 0 Å². The quantitative estimate of drug-likeness (QED) is 0.464. The first-order chi connectivity index (χ1) is 0. The summed E-state index contributed by atoms with van der Waals surface area (Å²) in [6, 6.07) is 0. The molecule has 0 aromatic rings. The third-order valence-corrected chi connectivity index (χ3v) is 0. The normalized spacial score (nSPS) is 0. The molecule has 0 aliphatic heterocycles. The van der Waals surface area contributed by atoms with Crippen LogP contribution in [0.15, 0.2) is 0 Å². The summed E-state index contributed by atoms with van der Waals surface area (Å²) in [6.45, 7) is 0. The molecule has 7 heavy (non-hydrogen) atoms. The van der Waals surface area contributed by atoms with Gasteiger partial charge in [0.2, 0.25) is 0 Å². The van der Waals surface area contributed by atoms with Crippen LogP contribution in [0.3, 0.4) is 0 Å². The second kappa shape index (κ2) is 52.0. The van der Waals surface area contributed by atoms with Gasteiger partial charge < -0.3 is 0 Å². The molecule has 0 aliphatic carbocycles. The summed E-state index contributed by atoms with van der Waals surface area (Å²) < 4.78 is 0. The summed E-state index contributed by atoms with van der Waals surface area (Å²) in [4.78, 5) is 0. The molecule has 0 bridgehead atoms. The van der Waals surface area contributed by atoms with Crippen molar-refractivity contribution in [2.24, 2.45) is 0 Å². The van der Waals surface area contributed by atoms with Crippen LogP contribution in [0, 0.1) is 40.8 Å². The average Bonchev–Trinajstić information content (AvgIpc) is 0. The van der Waals surface area contributed by atoms with Crippen LogP contribution in [0.1, 0.15) is 7.43 Å². The fourth-order valence-corrected chi connectivity index (χ4v) is 0. The van der Waals surface area contributed by atoms with Crippen LogP contribution in [0.2, 0.25) is 0 Å². The van der Waals surface area contributed by atoms with Gasteiger partial charge in [0.15, 0.2) is 0 Å². The van der Waals surface area contributed by atoms with E-state index in [1.165, 1.54) is 0 Å². The Hall–Kier alpha value is 3.85. The largest absolute Gasteiger partial charge is 0.0776 e. The van der Waals surface area contributed by atoms with Gasteiger partial charge in [-0.05, 0) is 11.0 Å². The van der Waals surface area contributed by atoms with Gasteiger partial charge in [-0.2, -0.15) is 0 Å². The Bertz CT molecular complexity index is 19.7. The molecule has 0 N–H and O–H groups in total. The van der Waals surface area contributed by atoms with Crippen LogP contribution >= 0.6 is 0 Å². The predicted octanol–water partition coefficient (Wildman–Crippen LogP) is -0.826. The van der Waals surface area contributed by atoms with Crippen LogP contribution in [0.5, 0.6) is 0 Å². The molecule has 0 spiro atoms. The van der Waals surface area contributed by atoms with Gasteiger partial charge in [-0.1, -0.05) is 7.43 Å². The van der Waals surface area contributed by atoms with Gasteiger partial charge in [0.1, 0.15) is 0 Å². The average molecular weight is 403 g/mol. The molecule has 0 fully saturated rings. The minimum Gasteiger partial charge on any atom is -0.0776 e. The summed E-state index contributed by atoms with van der Waals surface area (Å²) in [5, 5.41) is 0. The first kappa shape index (κ1) is 71.0. The van der Waals surface area contributed by atoms with E-state index >= 15 is 0 Å². The van der Waals surface area contributed by atoms with Crippen molar-refractivity contribution < 1.29 is 114 Å². The van der Waals surface area contributed by atoms with Gasteiger partial charge in [0.25, 0.3) is 0 Å². The zero-order valence-electron chi connectivity index (χ0n) is 2.14. The Balaban J connectivity index is 0. The van der Waals surface area contributed by atoms with Crippen molar-refractivity contribution >= 4 is 11.0 Å². The summed E-state index contributed by atoms with van der Waals surface area (Å²) in [5.74, 6) is 0. The fourth-order valence-electron chi connectivity index (χ4n) is 0. The summed E-state index contributed by atoms with van der Waals surface area (Å²) in [6.07, 6.45) is 0. The molecule has 0 rings (SSSR count). The Kier molecular flexibility index (Phi) is 527. The Morgan fingerprint density at radius 1 is 1.00 bits per heavy atom. The van der Waals surface area contributed by atoms with E-state index in [-0.39, 0.29) is 132 Å². The van der Waals surface area contributed by atoms with Gasteiger partial charge in [-0.15, -0.1) is 0 Å². The number of hydrogen-bond donors (Lipinski definition) is 0. The second-order valence-electron chi connectivity index (χ2n) is 0. The first-order valence-electron chi connectivity index (χ1n) is 0. The third-order valence-electron chi connectivity index (χ3n) is 0. The Morgan fingerprint density at radius 3 is 1.00 bits per heavy atom. The van der Waals surface area contributed by atoms with Crippen molar-refractivity contribution in [1.82, 2.24) is 0 Å². The van der Waals surface area contributed by atoms with E-state index in [2.05, 4.69) is 0 Å². The summed E-state index contributed by atoms with van der Waals surface area (Å²) >= 11 is 0. The standard InChI is InChI=1S/CH4.Cr.Fe.Mn.Nd.H4Si.Ti/h1H4;;;;;1H4;. The first-order valence-corrected chi connectivity index (χ1v) is 0. The molecule has 0 atom stereocenters. The van der Waals surface area contributed by atoms with E-state index in [4.69, 9.17) is 0 Å². The van der Waals surface area contributed by atoms with Gasteiger partial charge in [0, 0.05) is 114 Å². The van der Waals surface area contributed by atoms with Crippen molar-refractivity contribution in [2.75, 3.05) is 0 Å². The minimum absolute atomic E-state index is 0. The molecule has 0 saturated carbocycles. The molecule has 45 valence electrons. The molecule has 0 heterocycles. The molecule has 0 saturated heterocycles. The van der Waals surface area contributed by atoms with E-state index in [9.17, 15) is 0 Å². The zero-order valence-corrected chi connectivity index (χ0v) is 10.5. The van der Waals surface area contributed by atoms with Crippen LogP contribution in [0.25, 0.3) is 0 Å². The van der Waals surface area contributed by atoms with Gasteiger partial charge in [-0.25, -0.2) is 0 Å². The maximum atomic E-state index is 0. The molecular formula is CH8CrFeMnNdSiTi. The van der Waals surface area contributed by atoms with E-state index in [0.717, 1.165) is 0 Å². The molecule has 0 nitrogen and oxygen atoms in total. The molecular weight excluding hydrogens is 395 g/mol. The summed E-state index contributed by atoms with van der Waals surface area (Å²) in [7, 11) is 0. The smallest absolute Gasteiger partial charge is 0 e. The van der Waals surface area contributed by atoms with Crippen molar-refractivity contribution in [3.63, 3.8) is 0 Å². The number of rotatable bonds is 0. The molecule has 0 aromatic heterocycles. The second-order valence-corrected chi connectivity index (χ2v) is 0. The van der Waals surface area contributed by atoms with Gasteiger partial charge in [0.05, 0.1) is 0 Å². The van der Waals surface area contributed by atoms with Crippen molar-refractivity contribution in [2.45, 2.75) is 7.43 Å². The van der Waals surface area contributed by atoms with E-state index in [1.54, 1.807) is 0 Å². The van der Waals surface area contributed by atoms with Crippen LogP contribution in [0.4, 0.5) is 0 Å². The molecule has 6 heteroatoms. The van der Waals surface area contributed by atoms with E-state index < -0.39 is 0 Å². The van der Waals surface area contributed by atoms with E-state index in [1.807, 2.05) is 0 Å². The minimum atomic E-state index is 0. The Labute approximate surface area is 130 Å². The molecule has 0 amide bonds. The molecule has 0 aromatic carbocycles. The van der Waals surface area contributed by atoms with Gasteiger partial charge in [-0.3, -0.25) is 0 Å². The Morgan fingerprint density at radius 2 is 1.00 bits per heavy atom. The maximum absolute atomic E-state index is 0. The van der Waals surface area contributed by atoms with Crippen molar-refractivity contribution in [3.05, 3.63) is 0 Å². The zero-order chi connectivity index (χ0) is 0. The maximum Gasteiger partial charge on any atom is 0 e. The molecule has 0 aliphatic rings. The predicted molar refractivity (Wildman–Crippen MR) is 18.1 cm³/mol. The number of hydrogen-bond acceptors (Lipinski definition) is 0. The monoisotopic (exact) mass is 401 g/mol. The SMILES string of the molecule is C.[Cr].[Fe].[Mn].[Nd].[SiH4].[Ti]. The van der Waals surface area contributed by atoms with Crippen LogP contribution < -0.4 is 0 Å². The fraction of sp³-hybridized carbons (Fsp3) is 1.00. The van der Waals surface area contributed by atoms with Gasteiger partial charge >= 0.3 is 0 Å². The third kappa shape index (κ3) is 40.9. The van der Waals surface area contributed by atoms with E-state index in [0.29, 0.717) is 0 Å². The van der Waals surface area contributed by atoms with Crippen LogP contribution in [-0.4, -0.2) is 11.0 Å².